The summed E-state index contributed by atoms with van der Waals surface area (Å²) in [6.07, 6.45) is 2.89. The number of carbonyl (C=O) groups is 4. The molecule has 342 valence electrons. The normalized spacial score (nSPS) is 20.0. The Balaban J connectivity index is 1.15. The van der Waals surface area contributed by atoms with Gasteiger partial charge in [0.2, 0.25) is 5.91 Å². The van der Waals surface area contributed by atoms with Crippen LogP contribution in [0.5, 0.6) is 0 Å². The summed E-state index contributed by atoms with van der Waals surface area (Å²) in [5, 5.41) is 8.16. The van der Waals surface area contributed by atoms with Gasteiger partial charge >= 0.3 is 5.97 Å². The number of hydrogen-bond donors (Lipinski definition) is 2. The van der Waals surface area contributed by atoms with Crippen molar-refractivity contribution >= 4 is 45.9 Å². The van der Waals surface area contributed by atoms with E-state index in [-0.39, 0.29) is 43.3 Å². The van der Waals surface area contributed by atoms with Gasteiger partial charge in [-0.2, -0.15) is 0 Å². The van der Waals surface area contributed by atoms with Gasteiger partial charge in [-0.3, -0.25) is 34.1 Å². The van der Waals surface area contributed by atoms with Crippen molar-refractivity contribution in [3.8, 4) is 34.4 Å². The molecule has 3 aromatic heterocycles. The maximum absolute atomic E-state index is 14.3. The van der Waals surface area contributed by atoms with Crippen LogP contribution in [-0.2, 0) is 59.4 Å². The highest BCUT2D eigenvalue weighted by molar-refractivity contribution is 7.10. The van der Waals surface area contributed by atoms with Crippen LogP contribution in [-0.4, -0.2) is 130 Å². The summed E-state index contributed by atoms with van der Waals surface area (Å²) >= 11 is 1.43. The van der Waals surface area contributed by atoms with Crippen LogP contribution in [0.3, 0.4) is 0 Å². The molecule has 1 aromatic carbocycles. The minimum absolute atomic E-state index is 0.0000879. The number of thiazole rings is 1. The largest absolute Gasteiger partial charge is 0.464 e. The fourth-order valence-electron chi connectivity index (χ4n) is 8.39. The maximum atomic E-state index is 14.3. The molecule has 16 heteroatoms. The summed E-state index contributed by atoms with van der Waals surface area (Å²) in [6, 6.07) is 8.71. The lowest BCUT2D eigenvalue weighted by atomic mass is 9.84. The standard InChI is InChI=1S/C48H62N8O7S/c1-10-55-40-16-15-31-22-34(40)35(44(55)33-13-11-19-49-38(33)27-61-9)24-47(3,4)29-62-46(60)36-14-12-20-56(52-36)45(59)37(23-42-51-39(31)28-64-42)50-41(57)21-30(2)63-32-25-54(26-32)43(58)17-18-48(5,6)53(7)8/h11,13,15-16,19,22,28,30,32,36-37,52H,10,12,14,20-21,23-27,29H2,1-9H3,(H,50,57)/t30-,36+,37+/m1/s1. The van der Waals surface area contributed by atoms with E-state index in [1.165, 1.54) is 16.3 Å². The van der Waals surface area contributed by atoms with Crippen molar-refractivity contribution in [3.63, 3.8) is 0 Å². The molecule has 64 heavy (non-hydrogen) atoms. The molecular weight excluding hydrogens is 833 g/mol. The number of hydrazine groups is 1. The van der Waals surface area contributed by atoms with E-state index in [1.54, 1.807) is 25.1 Å². The lowest BCUT2D eigenvalue weighted by molar-refractivity contribution is -0.155. The Kier molecular flexibility index (Phi) is 14.3. The average Bonchev–Trinajstić information content (AvgIpc) is 3.84. The summed E-state index contributed by atoms with van der Waals surface area (Å²) in [7, 11) is 5.50. The molecule has 0 unspecified atom stereocenters. The number of nitrogens with one attached hydrogen (secondary N) is 2. The Bertz CT molecular complexity index is 2440. The van der Waals surface area contributed by atoms with E-state index < -0.39 is 35.1 Å². The van der Waals surface area contributed by atoms with E-state index in [2.05, 4.69) is 72.2 Å². The average molecular weight is 895 g/mol. The van der Waals surface area contributed by atoms with Gasteiger partial charge in [0.15, 0.2) is 0 Å². The van der Waals surface area contributed by atoms with Gasteiger partial charge in [-0.1, -0.05) is 25.8 Å². The molecule has 7 rings (SSSR count). The zero-order valence-electron chi connectivity index (χ0n) is 38.6. The summed E-state index contributed by atoms with van der Waals surface area (Å²) in [6.45, 7) is 14.4. The molecule has 6 bridgehead atoms. The molecule has 0 spiro atoms. The number of rotatable bonds is 10. The van der Waals surface area contributed by atoms with E-state index in [0.29, 0.717) is 57.1 Å². The number of benzene rings is 1. The zero-order chi connectivity index (χ0) is 45.9. The number of esters is 1. The minimum Gasteiger partial charge on any atom is -0.464 e. The van der Waals surface area contributed by atoms with Crippen molar-refractivity contribution < 1.29 is 33.4 Å². The van der Waals surface area contributed by atoms with E-state index in [4.69, 9.17) is 24.2 Å². The molecule has 3 amide bonds. The number of pyridine rings is 1. The van der Waals surface area contributed by atoms with Gasteiger partial charge in [-0.25, -0.2) is 10.4 Å². The highest BCUT2D eigenvalue weighted by atomic mass is 32.1. The maximum Gasteiger partial charge on any atom is 0.324 e. The smallest absolute Gasteiger partial charge is 0.324 e. The third-order valence-electron chi connectivity index (χ3n) is 12.4. The molecule has 0 saturated carbocycles. The molecule has 3 aliphatic heterocycles. The summed E-state index contributed by atoms with van der Waals surface area (Å²) in [5.74, 6) is 4.36. The number of hydrogen-bond acceptors (Lipinski definition) is 12. The molecule has 3 atom stereocenters. The Hall–Kier alpha value is -5.18. The van der Waals surface area contributed by atoms with E-state index in [0.717, 1.165) is 44.7 Å². The number of carbonyl (C=O) groups excluding carboxylic acids is 4. The Morgan fingerprint density at radius 1 is 1.19 bits per heavy atom. The minimum atomic E-state index is -0.975. The van der Waals surface area contributed by atoms with Gasteiger partial charge in [0, 0.05) is 78.7 Å². The molecule has 2 N–H and O–H groups in total. The van der Waals surface area contributed by atoms with Crippen LogP contribution in [0.25, 0.3) is 33.4 Å². The number of cyclic esters (lactones) is 1. The van der Waals surface area contributed by atoms with Crippen molar-refractivity contribution in [2.24, 2.45) is 5.41 Å². The Labute approximate surface area is 380 Å². The Morgan fingerprint density at radius 3 is 2.70 bits per heavy atom. The molecule has 3 aliphatic rings. The summed E-state index contributed by atoms with van der Waals surface area (Å²) in [4.78, 5) is 67.8. The van der Waals surface area contributed by atoms with Gasteiger partial charge < -0.3 is 29.0 Å². The number of methoxy groups -OCH3 is 1. The molecule has 2 fully saturated rings. The number of nitrogens with zero attached hydrogens (tertiary/aromatic N) is 6. The number of aromatic nitrogens is 3. The fourth-order valence-corrected chi connectivity index (χ4v) is 9.24. The van der Waals surface area contributed by atoms with Crippen molar-refractivity contribution in [3.05, 3.63) is 58.2 Å². The van der Waals surface area contributed by atoms with Crippen LogP contribution in [0.1, 0.15) is 77.1 Å². The number of fused-ring (bicyclic) bond motifs is 6. The third kappa shape index (κ3) is 10.5. The number of ether oxygens (including phenoxy) is 3. The second kappa shape index (κ2) is 19.5. The highest BCUT2D eigenvalue weighted by Crippen LogP contribution is 2.41. The first-order valence-electron chi connectivity index (χ1n) is 22.2. The molecule has 0 aliphatic carbocycles. The van der Waals surface area contributed by atoms with Crippen LogP contribution >= 0.6 is 11.3 Å². The molecule has 4 aromatic rings. The monoisotopic (exact) mass is 894 g/mol. The van der Waals surface area contributed by atoms with Gasteiger partial charge in [-0.05, 0) is 96.8 Å². The first-order valence-corrected chi connectivity index (χ1v) is 23.1. The van der Waals surface area contributed by atoms with Crippen LogP contribution in [0.15, 0.2) is 41.9 Å². The molecule has 6 heterocycles. The number of likely N-dealkylation sites (tertiary alicyclic amines) is 1. The molecular formula is C48H62N8O7S. The van der Waals surface area contributed by atoms with Crippen molar-refractivity contribution in [2.75, 3.05) is 47.4 Å². The molecule has 0 radical (unpaired) electrons. The zero-order valence-corrected chi connectivity index (χ0v) is 39.4. The van der Waals surface area contributed by atoms with E-state index in [9.17, 15) is 19.2 Å². The van der Waals surface area contributed by atoms with Gasteiger partial charge in [-0.15, -0.1) is 11.3 Å². The van der Waals surface area contributed by atoms with Crippen molar-refractivity contribution in [1.82, 2.24) is 40.1 Å². The topological polar surface area (TPSA) is 160 Å². The number of aryl methyl sites for hydroxylation is 1. The predicted octanol–water partition coefficient (Wildman–Crippen LogP) is 4.99. The number of amides is 3. The van der Waals surface area contributed by atoms with E-state index >= 15 is 0 Å². The fraction of sp³-hybridized carbons (Fsp3) is 0.542. The summed E-state index contributed by atoms with van der Waals surface area (Å²) in [5.41, 5.74) is 8.97. The predicted molar refractivity (Wildman–Crippen MR) is 246 cm³/mol. The third-order valence-corrected chi connectivity index (χ3v) is 13.3. The molecule has 15 nitrogen and oxygen atoms in total. The Morgan fingerprint density at radius 2 is 1.97 bits per heavy atom. The lowest BCUT2D eigenvalue weighted by Gasteiger charge is -2.39. The van der Waals surface area contributed by atoms with Crippen LogP contribution < -0.4 is 10.7 Å². The van der Waals surface area contributed by atoms with E-state index in [1.807, 2.05) is 44.3 Å². The molecule has 2 saturated heterocycles. The summed E-state index contributed by atoms with van der Waals surface area (Å²) < 4.78 is 20.1. The highest BCUT2D eigenvalue weighted by Gasteiger charge is 2.37. The van der Waals surface area contributed by atoms with Gasteiger partial charge in [0.25, 0.3) is 11.8 Å². The second-order valence-electron chi connectivity index (χ2n) is 18.6. The lowest BCUT2D eigenvalue weighted by Crippen LogP contribution is -2.60. The van der Waals surface area contributed by atoms with Gasteiger partial charge in [0.1, 0.15) is 12.1 Å². The van der Waals surface area contributed by atoms with Crippen LogP contribution in [0.4, 0.5) is 0 Å². The van der Waals surface area contributed by atoms with Crippen molar-refractivity contribution in [2.45, 2.75) is 117 Å². The van der Waals surface area contributed by atoms with Crippen molar-refractivity contribution in [1.29, 1.82) is 0 Å². The van der Waals surface area contributed by atoms with Gasteiger partial charge in [0.05, 0.1) is 59.5 Å². The second-order valence-corrected chi connectivity index (χ2v) is 19.6. The quantitative estimate of drug-likeness (QED) is 0.163. The van der Waals surface area contributed by atoms with Crippen LogP contribution in [0, 0.1) is 17.3 Å². The van der Waals surface area contributed by atoms with Crippen LogP contribution in [0.2, 0.25) is 0 Å². The first kappa shape index (κ1) is 46.8. The first-order chi connectivity index (χ1) is 30.5. The SMILES string of the molecule is CCn1c(-c2cccnc2COC)c2c3cc(ccc31)-c1csc(n1)C[C@H](NC(=O)C[C@@H](C)OC1CN(C(=O)C#CC(C)(C)N(C)C)C1)C(=O)N1CCC[C@H](N1)C(=O)OCC(C)(C)C2.